The summed E-state index contributed by atoms with van der Waals surface area (Å²) < 4.78 is 63.6. The molecule has 0 heterocycles. The molecule has 0 N–H and O–H groups in total. The van der Waals surface area contributed by atoms with Crippen molar-refractivity contribution in [3.05, 3.63) is 0 Å². The molecule has 19 atom stereocenters. The van der Waals surface area contributed by atoms with Crippen LogP contribution in [0.2, 0.25) is 0 Å². The number of nitriles is 2. The molecule has 24 heteroatoms. The third kappa shape index (κ3) is 23.6. The minimum atomic E-state index is -1.32. The number of esters is 11. The third-order valence-corrected chi connectivity index (χ3v) is 33.8. The summed E-state index contributed by atoms with van der Waals surface area (Å²) in [7, 11) is 0. The number of carbonyl (C=O) groups excluding carboxylic acids is 11. The van der Waals surface area contributed by atoms with Crippen LogP contribution < -0.4 is 0 Å². The van der Waals surface area contributed by atoms with E-state index >= 15 is 0 Å². The molecule has 12 rings (SSSR count). The zero-order chi connectivity index (χ0) is 98.3. The molecule has 0 amide bonds. The van der Waals surface area contributed by atoms with Crippen molar-refractivity contribution in [1.82, 2.24) is 0 Å². The van der Waals surface area contributed by atoms with Crippen LogP contribution in [0, 0.1) is 142 Å². The predicted molar refractivity (Wildman–Crippen MR) is 492 cm³/mol. The molecular weight excluding hydrogens is 1650 g/mol. The molecule has 24 nitrogen and oxygen atoms in total. The Hall–Kier alpha value is -6.85. The van der Waals surface area contributed by atoms with Gasteiger partial charge in [-0.3, -0.25) is 52.7 Å². The van der Waals surface area contributed by atoms with Gasteiger partial charge >= 0.3 is 65.7 Å². The second-order valence-electron chi connectivity index (χ2n) is 49.4. The van der Waals surface area contributed by atoms with Crippen molar-refractivity contribution >= 4 is 65.7 Å². The van der Waals surface area contributed by atoms with Crippen LogP contribution in [0.25, 0.3) is 0 Å². The summed E-state index contributed by atoms with van der Waals surface area (Å²) in [4.78, 5) is 140. The van der Waals surface area contributed by atoms with E-state index in [4.69, 9.17) is 52.1 Å². The number of rotatable bonds is 26. The van der Waals surface area contributed by atoms with Crippen molar-refractivity contribution in [2.45, 2.75) is 472 Å². The maximum Gasteiger partial charge on any atom is 0.327 e. The maximum absolute atomic E-state index is 13.2. The molecule has 19 unspecified atom stereocenters. The van der Waals surface area contributed by atoms with Crippen LogP contribution in [0.1, 0.15) is 408 Å². The molecule has 10 bridgehead atoms. The Labute approximate surface area is 780 Å². The molecule has 0 aromatic carbocycles. The van der Waals surface area contributed by atoms with Crippen molar-refractivity contribution in [3.8, 4) is 12.1 Å². The Morgan fingerprint density at radius 3 is 0.869 bits per heavy atom. The third-order valence-electron chi connectivity index (χ3n) is 33.8. The van der Waals surface area contributed by atoms with Crippen molar-refractivity contribution < 1.29 is 105 Å². The number of nitrogens with zero attached hydrogens (tertiary/aromatic N) is 2. The molecule has 130 heavy (non-hydrogen) atoms. The molecule has 0 spiro atoms. The molecule has 0 aliphatic heterocycles. The van der Waals surface area contributed by atoms with E-state index in [1.807, 2.05) is 132 Å². The van der Waals surface area contributed by atoms with E-state index in [-0.39, 0.29) is 143 Å². The minimum Gasteiger partial charge on any atom is -0.462 e. The van der Waals surface area contributed by atoms with Gasteiger partial charge in [-0.2, -0.15) is 10.5 Å². The Bertz CT molecular complexity index is 4150. The maximum atomic E-state index is 13.2. The van der Waals surface area contributed by atoms with E-state index in [0.29, 0.717) is 63.7 Å². The van der Waals surface area contributed by atoms with Gasteiger partial charge in [0.1, 0.15) is 64.1 Å². The molecule has 0 radical (unpaired) electrons. The zero-order valence-electron chi connectivity index (χ0n) is 86.1. The molecule has 12 aliphatic carbocycles. The SMILES string of the molecule is CCC(C)(C)C(=O)OC1CC2CC1CC2(C#N)C(=O)OC(C)(C)C.CCC(C)(C)C(=O)OC1CC2CC1CC2(C#N)C(=O)OC1(C)CCCC1.CCC(C)(C)C(=O)OC1CC2CC1CC2(C(=O)OC(C)(C)C)C(=O)OC(C)(C)C.CCC(C)(C)C(=O)OC1CC2CC1CC2(C)C(=O)OC(C)(C)C(C)C.CCC1(OC(=O)C2(C)CC3CC2CC3OC(=O)C(C)(C)CC)CCCC1. The van der Waals surface area contributed by atoms with Crippen LogP contribution in [-0.2, 0) is 105 Å². The lowest BCUT2D eigenvalue weighted by Crippen LogP contribution is -2.51. The van der Waals surface area contributed by atoms with E-state index in [9.17, 15) is 63.3 Å². The topological polar surface area (TPSA) is 337 Å². The quantitative estimate of drug-likeness (QED) is 0.0441. The first kappa shape index (κ1) is 108. The molecule has 736 valence electrons. The van der Waals surface area contributed by atoms with Crippen LogP contribution >= 0.6 is 0 Å². The summed E-state index contributed by atoms with van der Waals surface area (Å²) in [5.41, 5.74) is -9.84. The summed E-state index contributed by atoms with van der Waals surface area (Å²) >= 11 is 0. The van der Waals surface area contributed by atoms with E-state index in [2.05, 4.69) is 39.8 Å². The van der Waals surface area contributed by atoms with Gasteiger partial charge in [0.25, 0.3) is 0 Å². The molecular formula is C106H170N2O22. The predicted octanol–water partition coefficient (Wildman–Crippen LogP) is 22.0. The fourth-order valence-corrected chi connectivity index (χ4v) is 21.8. The van der Waals surface area contributed by atoms with Crippen molar-refractivity contribution in [1.29, 1.82) is 10.5 Å². The van der Waals surface area contributed by atoms with Crippen LogP contribution in [0.3, 0.4) is 0 Å². The molecule has 12 saturated carbocycles. The average molecular weight is 1820 g/mol. The highest BCUT2D eigenvalue weighted by atomic mass is 16.6. The van der Waals surface area contributed by atoms with Gasteiger partial charge in [-0.15, -0.1) is 0 Å². The van der Waals surface area contributed by atoms with Gasteiger partial charge in [-0.05, 0) is 417 Å². The summed E-state index contributed by atoms with van der Waals surface area (Å²) in [5, 5.41) is 19.5. The fourth-order valence-electron chi connectivity index (χ4n) is 21.8. The summed E-state index contributed by atoms with van der Waals surface area (Å²) in [5.74, 6) is -1.66. The monoisotopic (exact) mass is 1820 g/mol. The largest absolute Gasteiger partial charge is 0.462 e. The molecule has 0 aromatic rings. The second-order valence-corrected chi connectivity index (χ2v) is 49.4. The lowest BCUT2D eigenvalue weighted by molar-refractivity contribution is -0.193. The van der Waals surface area contributed by atoms with Gasteiger partial charge in [0, 0.05) is 0 Å². The van der Waals surface area contributed by atoms with Gasteiger partial charge in [0.05, 0.1) is 50.0 Å². The highest BCUT2D eigenvalue weighted by Crippen LogP contribution is 2.64. The molecule has 12 aliphatic rings. The zero-order valence-corrected chi connectivity index (χ0v) is 86.1. The van der Waals surface area contributed by atoms with Crippen molar-refractivity contribution in [3.63, 3.8) is 0 Å². The Balaban J connectivity index is 0.000000201. The summed E-state index contributed by atoms with van der Waals surface area (Å²) in [6.07, 6.45) is 22.2. The molecule has 0 aromatic heterocycles. The van der Waals surface area contributed by atoms with Crippen molar-refractivity contribution in [2.24, 2.45) is 119 Å². The lowest BCUT2D eigenvalue weighted by atomic mass is 9.72. The fraction of sp³-hybridized carbons (Fsp3) is 0.877. The first-order chi connectivity index (χ1) is 59.6. The van der Waals surface area contributed by atoms with Gasteiger partial charge in [0.15, 0.2) is 16.2 Å². The van der Waals surface area contributed by atoms with E-state index in [1.54, 1.807) is 62.3 Å². The smallest absolute Gasteiger partial charge is 0.327 e. The van der Waals surface area contributed by atoms with Gasteiger partial charge in [0.2, 0.25) is 0 Å². The normalized spacial score (nSPS) is 32.1. The van der Waals surface area contributed by atoms with Crippen molar-refractivity contribution in [2.75, 3.05) is 0 Å². The molecule has 0 saturated heterocycles. The number of fused-ring (bicyclic) bond motifs is 10. The van der Waals surface area contributed by atoms with Gasteiger partial charge in [-0.1, -0.05) is 55.4 Å². The van der Waals surface area contributed by atoms with Gasteiger partial charge < -0.3 is 52.1 Å². The Morgan fingerprint density at radius 2 is 0.600 bits per heavy atom. The van der Waals surface area contributed by atoms with Crippen LogP contribution in [0.15, 0.2) is 0 Å². The summed E-state index contributed by atoms with van der Waals surface area (Å²) in [6.45, 7) is 61.4. The minimum absolute atomic E-state index is 0.00702. The number of carbonyl (C=O) groups is 11. The Kier molecular flexibility index (Phi) is 33.2. The van der Waals surface area contributed by atoms with Crippen LogP contribution in [-0.4, -0.2) is 130 Å². The summed E-state index contributed by atoms with van der Waals surface area (Å²) in [6, 6.07) is 4.53. The van der Waals surface area contributed by atoms with Crippen LogP contribution in [0.5, 0.6) is 0 Å². The van der Waals surface area contributed by atoms with Crippen LogP contribution in [0.4, 0.5) is 0 Å². The Morgan fingerprint density at radius 1 is 0.323 bits per heavy atom. The van der Waals surface area contributed by atoms with E-state index in [1.165, 1.54) is 0 Å². The van der Waals surface area contributed by atoms with Gasteiger partial charge in [-0.25, -0.2) is 0 Å². The standard InChI is InChI=1S/C23H38O6.C22H36O4.C21H31NO4.C21H36O4.C19H29NO4/c1-10-22(8,9)17(24)27-16-12-15-11-14(16)13-23(15,18(25)28-20(2,3)4)19(26)29-21(5,6)7;1-6-20(3,4)18(23)25-17-13-16-12-15(17)14-21(16,5)19(24)26-22(7-2)10-8-9-11-22;1-5-19(2,3)17(23)25-16-11-15-10-14(16)12-21(15,13-22)18(24)26-20(4)8-6-7-9-20;1-9-19(4,5)17(22)24-16-11-15-10-14(16)12-21(15,8)18(23)25-20(6,7)13(2)3;1-7-18(5,6)15(21)23-14-9-13-8-12(14)10-19(13,11-20)16(22)24-17(2,3)4/h14-16H,10-13H2,1-9H3;15-17H,6-14H2,1-5H3;14-16H,5-12H2,1-4H3;13-16H,9-12H2,1-8H3;12-14H,7-10H2,1-6H3. The number of hydrogen-bond acceptors (Lipinski definition) is 24. The first-order valence-electron chi connectivity index (χ1n) is 49.9. The number of ether oxygens (including phenoxy) is 11. The highest BCUT2D eigenvalue weighted by Gasteiger charge is 2.69. The van der Waals surface area contributed by atoms with E-state index in [0.717, 1.165) is 128 Å². The molecule has 12 fully saturated rings. The highest BCUT2D eigenvalue weighted by molar-refractivity contribution is 6.01. The first-order valence-corrected chi connectivity index (χ1v) is 49.9. The lowest BCUT2D eigenvalue weighted by Gasteiger charge is -2.39. The van der Waals surface area contributed by atoms with E-state index < -0.39 is 100 Å². The number of hydrogen-bond donors (Lipinski definition) is 0. The second kappa shape index (κ2) is 39.8. The average Bonchev–Trinajstić information content (AvgIpc) is 1.56.